The van der Waals surface area contributed by atoms with E-state index >= 15 is 0 Å². The lowest BCUT2D eigenvalue weighted by Crippen LogP contribution is -2.01. The first-order chi connectivity index (χ1) is 6.43. The number of hydrogen-bond acceptors (Lipinski definition) is 3. The van der Waals surface area contributed by atoms with E-state index in [1.165, 1.54) is 6.92 Å². The van der Waals surface area contributed by atoms with Crippen LogP contribution in [0.5, 0.6) is 0 Å². The van der Waals surface area contributed by atoms with Gasteiger partial charge in [0.15, 0.2) is 5.69 Å². The summed E-state index contributed by atoms with van der Waals surface area (Å²) in [6, 6.07) is 1.16. The largest absolute Gasteiger partial charge is 0.374 e. The van der Waals surface area contributed by atoms with Gasteiger partial charge in [0.1, 0.15) is 5.56 Å². The van der Waals surface area contributed by atoms with Gasteiger partial charge in [0.25, 0.3) is 6.43 Å². The summed E-state index contributed by atoms with van der Waals surface area (Å²) in [7, 11) is 0. The first-order valence-corrected chi connectivity index (χ1v) is 3.91. The number of nitrogens with zero attached hydrogens (tertiary/aromatic N) is 2. The summed E-state index contributed by atoms with van der Waals surface area (Å²) in [4.78, 5) is 12.8. The van der Waals surface area contributed by atoms with E-state index < -0.39 is 22.7 Å². The van der Waals surface area contributed by atoms with Crippen LogP contribution in [0.25, 0.3) is 0 Å². The number of halogens is 3. The van der Waals surface area contributed by atoms with Crippen molar-refractivity contribution in [3.05, 3.63) is 32.5 Å². The normalized spacial score (nSPS) is 10.6. The maximum atomic E-state index is 12.4. The topological polar surface area (TPSA) is 56.0 Å². The van der Waals surface area contributed by atoms with E-state index in [4.69, 9.17) is 11.6 Å². The summed E-state index contributed by atoms with van der Waals surface area (Å²) in [5, 5.41) is 10.0. The predicted molar refractivity (Wildman–Crippen MR) is 45.6 cm³/mol. The minimum atomic E-state index is -3.00. The highest BCUT2D eigenvalue weighted by Crippen LogP contribution is 2.33. The lowest BCUT2D eigenvalue weighted by molar-refractivity contribution is -0.391. The Morgan fingerprint density at radius 3 is 2.64 bits per heavy atom. The van der Waals surface area contributed by atoms with Crippen LogP contribution >= 0.6 is 11.6 Å². The second kappa shape index (κ2) is 3.83. The molecule has 0 aliphatic heterocycles. The van der Waals surface area contributed by atoms with Crippen LogP contribution in [0, 0.1) is 17.0 Å². The van der Waals surface area contributed by atoms with Crippen LogP contribution in [0.3, 0.4) is 0 Å². The van der Waals surface area contributed by atoms with Gasteiger partial charge in [-0.3, -0.25) is 0 Å². The number of nitro groups is 1. The molecule has 0 N–H and O–H groups in total. The van der Waals surface area contributed by atoms with E-state index in [1.807, 2.05) is 0 Å². The zero-order chi connectivity index (χ0) is 10.9. The molecule has 76 valence electrons. The highest BCUT2D eigenvalue weighted by Gasteiger charge is 2.27. The third kappa shape index (κ3) is 1.95. The minimum Gasteiger partial charge on any atom is -0.358 e. The van der Waals surface area contributed by atoms with Gasteiger partial charge in [-0.2, -0.15) is 0 Å². The highest BCUT2D eigenvalue weighted by molar-refractivity contribution is 6.31. The van der Waals surface area contributed by atoms with Crippen LogP contribution in [0.1, 0.15) is 17.7 Å². The second-order valence-corrected chi connectivity index (χ2v) is 2.95. The second-order valence-electron chi connectivity index (χ2n) is 2.54. The van der Waals surface area contributed by atoms with Gasteiger partial charge >= 0.3 is 5.82 Å². The van der Waals surface area contributed by atoms with Crippen molar-refractivity contribution in [1.82, 2.24) is 4.98 Å². The molecule has 14 heavy (non-hydrogen) atoms. The summed E-state index contributed by atoms with van der Waals surface area (Å²) in [6.07, 6.45) is -3.00. The van der Waals surface area contributed by atoms with Crippen molar-refractivity contribution < 1.29 is 13.7 Å². The highest BCUT2D eigenvalue weighted by atomic mass is 35.5. The Morgan fingerprint density at radius 1 is 1.64 bits per heavy atom. The van der Waals surface area contributed by atoms with Gasteiger partial charge in [0.05, 0.1) is 5.02 Å². The van der Waals surface area contributed by atoms with E-state index in [0.717, 1.165) is 6.07 Å². The Balaban J connectivity index is 3.44. The smallest absolute Gasteiger partial charge is 0.358 e. The monoisotopic (exact) mass is 222 g/mol. The van der Waals surface area contributed by atoms with Gasteiger partial charge in [-0.1, -0.05) is 11.6 Å². The average molecular weight is 223 g/mol. The third-order valence-electron chi connectivity index (χ3n) is 1.51. The molecule has 1 aromatic heterocycles. The van der Waals surface area contributed by atoms with Crippen molar-refractivity contribution in [3.8, 4) is 0 Å². The first-order valence-electron chi connectivity index (χ1n) is 3.53. The molecule has 4 nitrogen and oxygen atoms in total. The lowest BCUT2D eigenvalue weighted by Gasteiger charge is -2.03. The standard InChI is InChI=1S/C7H5ClF2N2O2/c1-3-2-4(8)5(6(9)10)7(11-3)12(13)14/h2,6H,1H3. The molecule has 7 heteroatoms. The molecule has 0 saturated heterocycles. The molecule has 0 amide bonds. The number of alkyl halides is 2. The quantitative estimate of drug-likeness (QED) is 0.571. The Labute approximate surface area is 82.7 Å². The van der Waals surface area contributed by atoms with Gasteiger partial charge < -0.3 is 10.1 Å². The average Bonchev–Trinajstić information content (AvgIpc) is 2.01. The third-order valence-corrected chi connectivity index (χ3v) is 1.82. The van der Waals surface area contributed by atoms with Crippen LogP contribution in [0.15, 0.2) is 6.07 Å². The predicted octanol–water partition coefficient (Wildman–Crippen LogP) is 2.89. The lowest BCUT2D eigenvalue weighted by atomic mass is 10.2. The molecule has 0 aliphatic carbocycles. The Hall–Kier alpha value is -1.30. The Bertz CT molecular complexity index is 384. The van der Waals surface area contributed by atoms with Crippen LogP contribution in [-0.2, 0) is 0 Å². The Morgan fingerprint density at radius 2 is 2.21 bits per heavy atom. The molecule has 0 radical (unpaired) electrons. The van der Waals surface area contributed by atoms with Gasteiger partial charge in [0, 0.05) is 13.0 Å². The molecule has 0 unspecified atom stereocenters. The number of pyridine rings is 1. The van der Waals surface area contributed by atoms with Crippen LogP contribution in [-0.4, -0.2) is 9.91 Å². The summed E-state index contributed by atoms with van der Waals surface area (Å²) in [5.74, 6) is -0.884. The van der Waals surface area contributed by atoms with Crippen molar-refractivity contribution in [2.45, 2.75) is 13.3 Å². The number of hydrogen-bond donors (Lipinski definition) is 0. The molecule has 0 saturated carbocycles. The van der Waals surface area contributed by atoms with Gasteiger partial charge in [-0.15, -0.1) is 0 Å². The summed E-state index contributed by atoms with van der Waals surface area (Å²) < 4.78 is 24.7. The molecule has 0 spiro atoms. The fraction of sp³-hybridized carbons (Fsp3) is 0.286. The molecular weight excluding hydrogens is 218 g/mol. The van der Waals surface area contributed by atoms with Crippen molar-refractivity contribution in [2.24, 2.45) is 0 Å². The zero-order valence-electron chi connectivity index (χ0n) is 7.00. The number of rotatable bonds is 2. The SMILES string of the molecule is Cc1cc(Cl)c(C(F)F)c([N+](=O)[O-])n1. The van der Waals surface area contributed by atoms with Crippen molar-refractivity contribution in [3.63, 3.8) is 0 Å². The summed E-state index contributed by atoms with van der Waals surface area (Å²) in [5.41, 5.74) is -0.603. The van der Waals surface area contributed by atoms with Gasteiger partial charge in [-0.25, -0.2) is 8.78 Å². The van der Waals surface area contributed by atoms with E-state index in [-0.39, 0.29) is 10.7 Å². The molecule has 0 aromatic carbocycles. The first kappa shape index (κ1) is 10.8. The number of aromatic nitrogens is 1. The maximum absolute atomic E-state index is 12.4. The van der Waals surface area contributed by atoms with Crippen LogP contribution < -0.4 is 0 Å². The molecule has 0 fully saturated rings. The van der Waals surface area contributed by atoms with Crippen molar-refractivity contribution in [2.75, 3.05) is 0 Å². The van der Waals surface area contributed by atoms with Crippen molar-refractivity contribution >= 4 is 17.4 Å². The molecule has 1 rings (SSSR count). The molecule has 1 aromatic rings. The molecular formula is C7H5ClF2N2O2. The maximum Gasteiger partial charge on any atom is 0.374 e. The fourth-order valence-corrected chi connectivity index (χ4v) is 1.29. The summed E-state index contributed by atoms with van der Waals surface area (Å²) >= 11 is 5.45. The van der Waals surface area contributed by atoms with Gasteiger partial charge in [-0.05, 0) is 9.91 Å². The van der Waals surface area contributed by atoms with E-state index in [1.54, 1.807) is 0 Å². The van der Waals surface area contributed by atoms with Crippen molar-refractivity contribution in [1.29, 1.82) is 0 Å². The summed E-state index contributed by atoms with van der Waals surface area (Å²) in [6.45, 7) is 1.44. The van der Waals surface area contributed by atoms with E-state index in [2.05, 4.69) is 4.98 Å². The molecule has 0 aliphatic rings. The zero-order valence-corrected chi connectivity index (χ0v) is 7.76. The molecule has 1 heterocycles. The van der Waals surface area contributed by atoms with Crippen LogP contribution in [0.4, 0.5) is 14.6 Å². The Kier molecular flexibility index (Phi) is 2.95. The van der Waals surface area contributed by atoms with E-state index in [0.29, 0.717) is 0 Å². The number of aryl methyl sites for hydroxylation is 1. The molecule has 0 atom stereocenters. The fourth-order valence-electron chi connectivity index (χ4n) is 0.968. The van der Waals surface area contributed by atoms with Gasteiger partial charge in [0.2, 0.25) is 0 Å². The van der Waals surface area contributed by atoms with E-state index in [9.17, 15) is 18.9 Å². The van der Waals surface area contributed by atoms with Crippen LogP contribution in [0.2, 0.25) is 5.02 Å². The minimum absolute atomic E-state index is 0.228. The molecule has 0 bridgehead atoms.